The Morgan fingerprint density at radius 2 is 1.50 bits per heavy atom. The van der Waals surface area contributed by atoms with E-state index in [0.29, 0.717) is 30.8 Å². The van der Waals surface area contributed by atoms with Crippen LogP contribution in [-0.4, -0.2) is 64.3 Å². The fourth-order valence-corrected chi connectivity index (χ4v) is 3.64. The van der Waals surface area contributed by atoms with Crippen molar-refractivity contribution in [3.63, 3.8) is 0 Å². The average molecular weight is 491 g/mol. The summed E-state index contributed by atoms with van der Waals surface area (Å²) in [7, 11) is 0. The smallest absolute Gasteiger partial charge is 0.369 e. The molecule has 1 heterocycles. The van der Waals surface area contributed by atoms with E-state index in [1.54, 1.807) is 0 Å². The summed E-state index contributed by atoms with van der Waals surface area (Å²) in [5.74, 6) is -0.383. The van der Waals surface area contributed by atoms with Crippen LogP contribution >= 0.6 is 0 Å². The number of amides is 1. The SMILES string of the molecule is O=C(c1cccc([N+](=O)[O-])c1)N1CCN(Cc2ccc(C(O)(C(F)(F)F)C(F)(F)F)cc2)CC1. The van der Waals surface area contributed by atoms with Gasteiger partial charge in [0.1, 0.15) is 0 Å². The van der Waals surface area contributed by atoms with Crippen molar-refractivity contribution in [3.8, 4) is 0 Å². The Balaban J connectivity index is 1.63. The summed E-state index contributed by atoms with van der Waals surface area (Å²) < 4.78 is 78.0. The number of nitro groups is 1. The van der Waals surface area contributed by atoms with Crippen LogP contribution in [0.5, 0.6) is 0 Å². The van der Waals surface area contributed by atoms with Gasteiger partial charge in [-0.1, -0.05) is 30.3 Å². The number of hydrogen-bond acceptors (Lipinski definition) is 5. The zero-order chi connectivity index (χ0) is 25.3. The number of non-ortho nitro benzene ring substituents is 1. The van der Waals surface area contributed by atoms with Crippen LogP contribution in [-0.2, 0) is 12.1 Å². The van der Waals surface area contributed by atoms with Crippen LogP contribution in [0.2, 0.25) is 0 Å². The standard InChI is InChI=1S/C21H19F6N3O4/c22-20(23,24)19(32,21(25,26)27)16-6-4-14(5-7-16)13-28-8-10-29(11-9-28)18(31)15-2-1-3-17(12-15)30(33)34/h1-7,12,32H,8-11,13H2. The molecule has 34 heavy (non-hydrogen) atoms. The largest absolute Gasteiger partial charge is 0.430 e. The van der Waals surface area contributed by atoms with Gasteiger partial charge in [-0.05, 0) is 11.6 Å². The first-order valence-electron chi connectivity index (χ1n) is 9.95. The number of halogens is 6. The lowest BCUT2D eigenvalue weighted by Crippen LogP contribution is -2.53. The highest BCUT2D eigenvalue weighted by Crippen LogP contribution is 2.49. The highest BCUT2D eigenvalue weighted by atomic mass is 19.4. The molecule has 0 atom stereocenters. The summed E-state index contributed by atoms with van der Waals surface area (Å²) >= 11 is 0. The van der Waals surface area contributed by atoms with Gasteiger partial charge in [0.2, 0.25) is 0 Å². The van der Waals surface area contributed by atoms with Crippen molar-refractivity contribution in [1.29, 1.82) is 0 Å². The Morgan fingerprint density at radius 3 is 2.00 bits per heavy atom. The lowest BCUT2D eigenvalue weighted by molar-refractivity contribution is -0.384. The summed E-state index contributed by atoms with van der Waals surface area (Å²) in [6.07, 6.45) is -11.9. The van der Waals surface area contributed by atoms with Gasteiger partial charge in [0.05, 0.1) is 4.92 Å². The molecular weight excluding hydrogens is 472 g/mol. The van der Waals surface area contributed by atoms with Crippen LogP contribution in [0, 0.1) is 10.1 Å². The molecule has 1 N–H and O–H groups in total. The molecule has 0 spiro atoms. The summed E-state index contributed by atoms with van der Waals surface area (Å²) in [6.45, 7) is 1.51. The molecule has 3 rings (SSSR count). The highest BCUT2D eigenvalue weighted by Gasteiger charge is 2.71. The van der Waals surface area contributed by atoms with Crippen molar-refractivity contribution >= 4 is 11.6 Å². The molecule has 0 saturated carbocycles. The van der Waals surface area contributed by atoms with E-state index >= 15 is 0 Å². The van der Waals surface area contributed by atoms with E-state index in [2.05, 4.69) is 0 Å². The van der Waals surface area contributed by atoms with E-state index in [-0.39, 0.29) is 36.8 Å². The number of carbonyl (C=O) groups excluding carboxylic acids is 1. The summed E-state index contributed by atoms with van der Waals surface area (Å²) in [5, 5.41) is 20.3. The minimum absolute atomic E-state index is 0.167. The van der Waals surface area contributed by atoms with E-state index in [9.17, 15) is 46.4 Å². The van der Waals surface area contributed by atoms with Gasteiger partial charge < -0.3 is 10.0 Å². The Bertz CT molecular complexity index is 1030. The lowest BCUT2D eigenvalue weighted by Gasteiger charge is -2.35. The van der Waals surface area contributed by atoms with Gasteiger partial charge >= 0.3 is 12.4 Å². The maximum Gasteiger partial charge on any atom is 0.430 e. The molecular formula is C21H19F6N3O4. The number of nitro benzene ring substituents is 1. The summed E-state index contributed by atoms with van der Waals surface area (Å²) in [4.78, 5) is 26.3. The van der Waals surface area contributed by atoms with Gasteiger partial charge in [-0.15, -0.1) is 0 Å². The molecule has 1 amide bonds. The van der Waals surface area contributed by atoms with E-state index in [1.807, 2.05) is 4.90 Å². The number of rotatable bonds is 5. The van der Waals surface area contributed by atoms with Crippen molar-refractivity contribution < 1.29 is 41.2 Å². The molecule has 184 valence electrons. The molecule has 0 bridgehead atoms. The third kappa shape index (κ3) is 4.99. The number of piperazine rings is 1. The Kier molecular flexibility index (Phi) is 6.90. The van der Waals surface area contributed by atoms with Gasteiger partial charge in [-0.3, -0.25) is 19.8 Å². The van der Waals surface area contributed by atoms with Crippen LogP contribution in [0.1, 0.15) is 21.5 Å². The first-order valence-corrected chi connectivity index (χ1v) is 9.95. The number of benzene rings is 2. The van der Waals surface area contributed by atoms with Crippen molar-refractivity contribution in [2.75, 3.05) is 26.2 Å². The molecule has 1 fully saturated rings. The maximum absolute atomic E-state index is 13.0. The lowest BCUT2D eigenvalue weighted by atomic mass is 9.91. The van der Waals surface area contributed by atoms with E-state index in [0.717, 1.165) is 12.1 Å². The number of aliphatic hydroxyl groups is 1. The predicted molar refractivity (Wildman–Crippen MR) is 107 cm³/mol. The van der Waals surface area contributed by atoms with Gasteiger partial charge in [0, 0.05) is 56.0 Å². The number of nitrogens with zero attached hydrogens (tertiary/aromatic N) is 3. The number of hydrogen-bond donors (Lipinski definition) is 1. The third-order valence-corrected chi connectivity index (χ3v) is 5.56. The number of alkyl halides is 6. The van der Waals surface area contributed by atoms with Gasteiger partial charge in [-0.2, -0.15) is 26.3 Å². The number of carbonyl (C=O) groups is 1. The fraction of sp³-hybridized carbons (Fsp3) is 0.381. The predicted octanol–water partition coefficient (Wildman–Crippen LogP) is 3.87. The Labute approximate surface area is 189 Å². The second-order valence-corrected chi connectivity index (χ2v) is 7.78. The van der Waals surface area contributed by atoms with Crippen molar-refractivity contribution in [3.05, 3.63) is 75.3 Å². The highest BCUT2D eigenvalue weighted by molar-refractivity contribution is 5.94. The molecule has 0 radical (unpaired) electrons. The molecule has 0 aliphatic carbocycles. The van der Waals surface area contributed by atoms with Gasteiger partial charge in [0.15, 0.2) is 0 Å². The molecule has 1 aliphatic heterocycles. The summed E-state index contributed by atoms with van der Waals surface area (Å²) in [5.41, 5.74) is -5.93. The molecule has 2 aromatic rings. The zero-order valence-electron chi connectivity index (χ0n) is 17.4. The van der Waals surface area contributed by atoms with Crippen LogP contribution in [0.3, 0.4) is 0 Å². The molecule has 7 nitrogen and oxygen atoms in total. The van der Waals surface area contributed by atoms with Crippen LogP contribution < -0.4 is 0 Å². The minimum atomic E-state index is -5.95. The first kappa shape index (κ1) is 25.4. The fourth-order valence-electron chi connectivity index (χ4n) is 3.64. The summed E-state index contributed by atoms with van der Waals surface area (Å²) in [6, 6.07) is 8.67. The molecule has 1 saturated heterocycles. The molecule has 0 aromatic heterocycles. The van der Waals surface area contributed by atoms with E-state index < -0.39 is 28.4 Å². The van der Waals surface area contributed by atoms with E-state index in [4.69, 9.17) is 0 Å². The Morgan fingerprint density at radius 1 is 0.941 bits per heavy atom. The molecule has 2 aromatic carbocycles. The molecule has 0 unspecified atom stereocenters. The topological polar surface area (TPSA) is 86.9 Å². The van der Waals surface area contributed by atoms with Gasteiger partial charge in [-0.25, -0.2) is 0 Å². The average Bonchev–Trinajstić information content (AvgIpc) is 2.77. The molecule has 1 aliphatic rings. The zero-order valence-corrected chi connectivity index (χ0v) is 17.4. The van der Waals surface area contributed by atoms with Crippen LogP contribution in [0.15, 0.2) is 48.5 Å². The maximum atomic E-state index is 13.0. The van der Waals surface area contributed by atoms with Gasteiger partial charge in [0.25, 0.3) is 17.2 Å². The van der Waals surface area contributed by atoms with Crippen molar-refractivity contribution in [2.24, 2.45) is 0 Å². The quantitative estimate of drug-likeness (QED) is 0.390. The Hall–Kier alpha value is -3.19. The first-order chi connectivity index (χ1) is 15.7. The minimum Gasteiger partial charge on any atom is -0.369 e. The normalized spacial score (nSPS) is 15.9. The van der Waals surface area contributed by atoms with E-state index in [1.165, 1.54) is 29.2 Å². The monoisotopic (exact) mass is 491 g/mol. The van der Waals surface area contributed by atoms with Crippen molar-refractivity contribution in [1.82, 2.24) is 9.80 Å². The third-order valence-electron chi connectivity index (χ3n) is 5.56. The van der Waals surface area contributed by atoms with Crippen LogP contribution in [0.4, 0.5) is 32.0 Å². The molecule has 13 heteroatoms. The second-order valence-electron chi connectivity index (χ2n) is 7.78. The van der Waals surface area contributed by atoms with Crippen molar-refractivity contribution in [2.45, 2.75) is 24.5 Å². The van der Waals surface area contributed by atoms with Crippen LogP contribution in [0.25, 0.3) is 0 Å². The second kappa shape index (κ2) is 9.22.